The molecule has 1 amide bonds. The van der Waals surface area contributed by atoms with E-state index in [9.17, 15) is 9.59 Å². The van der Waals surface area contributed by atoms with Crippen LogP contribution < -0.4 is 10.9 Å². The third kappa shape index (κ3) is 3.89. The first-order valence-corrected chi connectivity index (χ1v) is 9.88. The van der Waals surface area contributed by atoms with Gasteiger partial charge in [-0.3, -0.25) is 14.2 Å². The van der Waals surface area contributed by atoms with E-state index in [0.29, 0.717) is 21.9 Å². The molecule has 26 heavy (non-hydrogen) atoms. The van der Waals surface area contributed by atoms with E-state index >= 15 is 0 Å². The number of aromatic nitrogens is 2. The molecule has 0 spiro atoms. The van der Waals surface area contributed by atoms with Gasteiger partial charge in [-0.25, -0.2) is 4.98 Å². The second-order valence-corrected chi connectivity index (χ2v) is 8.06. The Morgan fingerprint density at radius 1 is 1.46 bits per heavy atom. The molecule has 5 nitrogen and oxygen atoms in total. The number of nitrogens with zero attached hydrogens (tertiary/aromatic N) is 2. The van der Waals surface area contributed by atoms with Gasteiger partial charge in [0.2, 0.25) is 5.91 Å². The number of carbonyl (C=O) groups excluding carboxylic acids is 1. The van der Waals surface area contributed by atoms with E-state index in [-0.39, 0.29) is 11.5 Å². The van der Waals surface area contributed by atoms with Crippen molar-refractivity contribution in [2.45, 2.75) is 30.8 Å². The number of rotatable bonds is 6. The van der Waals surface area contributed by atoms with Crippen LogP contribution in [0.5, 0.6) is 0 Å². The molecule has 0 fully saturated rings. The zero-order chi connectivity index (χ0) is 18.7. The lowest BCUT2D eigenvalue weighted by molar-refractivity contribution is -0.115. The first kappa shape index (κ1) is 18.4. The number of thiophene rings is 1. The fourth-order valence-electron chi connectivity index (χ4n) is 2.49. The van der Waals surface area contributed by atoms with Gasteiger partial charge in [0.15, 0.2) is 5.16 Å². The summed E-state index contributed by atoms with van der Waals surface area (Å²) in [7, 11) is 0. The predicted molar refractivity (Wildman–Crippen MR) is 109 cm³/mol. The molecule has 3 aromatic rings. The molecule has 1 N–H and O–H groups in total. The molecule has 2 heterocycles. The van der Waals surface area contributed by atoms with Crippen molar-refractivity contribution in [2.24, 2.45) is 0 Å². The molecule has 1 atom stereocenters. The van der Waals surface area contributed by atoms with Crippen molar-refractivity contribution < 1.29 is 4.79 Å². The van der Waals surface area contributed by atoms with Gasteiger partial charge >= 0.3 is 0 Å². The molecule has 0 saturated carbocycles. The van der Waals surface area contributed by atoms with E-state index in [2.05, 4.69) is 16.9 Å². The Labute approximate surface area is 159 Å². The molecule has 7 heteroatoms. The number of nitrogens with one attached hydrogen (secondary N) is 1. The third-order valence-electron chi connectivity index (χ3n) is 3.80. The largest absolute Gasteiger partial charge is 0.325 e. The highest BCUT2D eigenvalue weighted by Gasteiger charge is 2.19. The van der Waals surface area contributed by atoms with Gasteiger partial charge in [-0.15, -0.1) is 17.9 Å². The Kier molecular flexibility index (Phi) is 5.58. The number of amides is 1. The zero-order valence-electron chi connectivity index (χ0n) is 14.6. The van der Waals surface area contributed by atoms with Crippen LogP contribution in [0.3, 0.4) is 0 Å². The van der Waals surface area contributed by atoms with Gasteiger partial charge in [0.25, 0.3) is 5.56 Å². The molecule has 0 saturated heterocycles. The summed E-state index contributed by atoms with van der Waals surface area (Å²) >= 11 is 2.69. The number of benzene rings is 1. The van der Waals surface area contributed by atoms with Gasteiger partial charge in [0.05, 0.1) is 10.6 Å². The van der Waals surface area contributed by atoms with E-state index in [1.54, 1.807) is 23.6 Å². The van der Waals surface area contributed by atoms with Crippen molar-refractivity contribution >= 4 is 44.9 Å². The van der Waals surface area contributed by atoms with Crippen LogP contribution in [0.2, 0.25) is 0 Å². The summed E-state index contributed by atoms with van der Waals surface area (Å²) in [5.41, 5.74) is 1.73. The first-order chi connectivity index (χ1) is 12.5. The summed E-state index contributed by atoms with van der Waals surface area (Å²) in [4.78, 5) is 30.4. The van der Waals surface area contributed by atoms with Crippen LogP contribution in [-0.4, -0.2) is 20.7 Å². The molecule has 0 aliphatic carbocycles. The minimum atomic E-state index is -0.407. The van der Waals surface area contributed by atoms with Gasteiger partial charge in [0.1, 0.15) is 4.83 Å². The third-order valence-corrected chi connectivity index (χ3v) is 5.69. The van der Waals surface area contributed by atoms with Crippen molar-refractivity contribution in [3.05, 3.63) is 64.3 Å². The van der Waals surface area contributed by atoms with E-state index in [4.69, 9.17) is 0 Å². The Bertz CT molecular complexity index is 1020. The maximum absolute atomic E-state index is 12.6. The number of allylic oxidation sites excluding steroid dienone is 1. The van der Waals surface area contributed by atoms with Crippen LogP contribution in [0.1, 0.15) is 12.5 Å². The highest BCUT2D eigenvalue weighted by atomic mass is 32.2. The quantitative estimate of drug-likeness (QED) is 0.395. The predicted octanol–water partition coefficient (Wildman–Crippen LogP) is 4.07. The molecule has 1 aromatic carbocycles. The average molecular weight is 386 g/mol. The second kappa shape index (κ2) is 7.88. The maximum atomic E-state index is 12.6. The van der Waals surface area contributed by atoms with E-state index in [0.717, 1.165) is 11.3 Å². The van der Waals surface area contributed by atoms with E-state index in [1.165, 1.54) is 23.1 Å². The molecule has 0 bridgehead atoms. The van der Waals surface area contributed by atoms with Gasteiger partial charge in [0, 0.05) is 12.2 Å². The highest BCUT2D eigenvalue weighted by Crippen LogP contribution is 2.25. The summed E-state index contributed by atoms with van der Waals surface area (Å²) in [5.74, 6) is -0.133. The van der Waals surface area contributed by atoms with Crippen molar-refractivity contribution in [1.29, 1.82) is 0 Å². The molecule has 134 valence electrons. The topological polar surface area (TPSA) is 64.0 Å². The zero-order valence-corrected chi connectivity index (χ0v) is 16.2. The number of thioether (sulfide) groups is 1. The number of fused-ring (bicyclic) bond motifs is 1. The van der Waals surface area contributed by atoms with Crippen LogP contribution in [0.15, 0.2) is 58.3 Å². The fourth-order valence-corrected chi connectivity index (χ4v) is 4.21. The normalized spacial score (nSPS) is 12.1. The monoisotopic (exact) mass is 385 g/mol. The number of anilines is 1. The standard InChI is InChI=1S/C19H19N3O2S2/c1-4-9-22-18(24)15-8-10-25-17(15)21-19(22)26-13(3)16(23)20-14-7-5-6-12(2)11-14/h4-8,10-11,13H,1,9H2,2-3H3,(H,20,23). The average Bonchev–Trinajstić information content (AvgIpc) is 3.07. The summed E-state index contributed by atoms with van der Waals surface area (Å²) in [6.07, 6.45) is 1.66. The second-order valence-electron chi connectivity index (χ2n) is 5.86. The van der Waals surface area contributed by atoms with Crippen LogP contribution >= 0.6 is 23.1 Å². The molecule has 3 rings (SSSR count). The summed E-state index contributed by atoms with van der Waals surface area (Å²) in [6, 6.07) is 9.42. The van der Waals surface area contributed by atoms with Crippen molar-refractivity contribution in [2.75, 3.05) is 5.32 Å². The molecule has 0 aliphatic rings. The van der Waals surface area contributed by atoms with Crippen LogP contribution in [-0.2, 0) is 11.3 Å². The smallest absolute Gasteiger partial charge is 0.263 e. The molecule has 0 aliphatic heterocycles. The lowest BCUT2D eigenvalue weighted by Crippen LogP contribution is -2.26. The number of hydrogen-bond acceptors (Lipinski definition) is 5. The van der Waals surface area contributed by atoms with Gasteiger partial charge < -0.3 is 5.32 Å². The Balaban J connectivity index is 1.85. The van der Waals surface area contributed by atoms with Gasteiger partial charge in [-0.1, -0.05) is 30.0 Å². The minimum Gasteiger partial charge on any atom is -0.325 e. The van der Waals surface area contributed by atoms with E-state index < -0.39 is 5.25 Å². The first-order valence-electron chi connectivity index (χ1n) is 8.12. The van der Waals surface area contributed by atoms with Crippen LogP contribution in [0.4, 0.5) is 5.69 Å². The fraction of sp³-hybridized carbons (Fsp3) is 0.211. The Morgan fingerprint density at radius 3 is 3.00 bits per heavy atom. The van der Waals surface area contributed by atoms with Crippen molar-refractivity contribution in [3.8, 4) is 0 Å². The lowest BCUT2D eigenvalue weighted by Gasteiger charge is -2.15. The summed E-state index contributed by atoms with van der Waals surface area (Å²) < 4.78 is 1.56. The van der Waals surface area contributed by atoms with Crippen LogP contribution in [0.25, 0.3) is 10.2 Å². The molecular formula is C19H19N3O2S2. The molecule has 1 unspecified atom stereocenters. The highest BCUT2D eigenvalue weighted by molar-refractivity contribution is 8.00. The molecular weight excluding hydrogens is 366 g/mol. The lowest BCUT2D eigenvalue weighted by atomic mass is 10.2. The summed E-state index contributed by atoms with van der Waals surface area (Å²) in [5, 5.41) is 5.47. The van der Waals surface area contributed by atoms with Crippen molar-refractivity contribution in [3.63, 3.8) is 0 Å². The maximum Gasteiger partial charge on any atom is 0.263 e. The molecule has 2 aromatic heterocycles. The SMILES string of the molecule is C=CCn1c(SC(C)C(=O)Nc2cccc(C)c2)nc2sccc2c1=O. The van der Waals surface area contributed by atoms with Gasteiger partial charge in [-0.2, -0.15) is 0 Å². The van der Waals surface area contributed by atoms with Gasteiger partial charge in [-0.05, 0) is 43.0 Å². The van der Waals surface area contributed by atoms with Crippen molar-refractivity contribution in [1.82, 2.24) is 9.55 Å². The molecule has 0 radical (unpaired) electrons. The number of carbonyl (C=O) groups is 1. The minimum absolute atomic E-state index is 0.107. The Morgan fingerprint density at radius 2 is 2.27 bits per heavy atom. The van der Waals surface area contributed by atoms with Crippen LogP contribution in [0, 0.1) is 6.92 Å². The Hall–Kier alpha value is -2.38. The van der Waals surface area contributed by atoms with E-state index in [1.807, 2.05) is 36.6 Å². The number of hydrogen-bond donors (Lipinski definition) is 1. The number of aryl methyl sites for hydroxylation is 1. The summed E-state index contributed by atoms with van der Waals surface area (Å²) in [6.45, 7) is 7.84.